The lowest BCUT2D eigenvalue weighted by molar-refractivity contribution is 0.438. The van der Waals surface area contributed by atoms with Crippen molar-refractivity contribution in [2.45, 2.75) is 51.5 Å². The predicted molar refractivity (Wildman–Crippen MR) is 109 cm³/mol. The number of fused-ring (bicyclic) bond motifs is 3. The molecular weight excluding hydrogens is 334 g/mol. The molecule has 5 rings (SSSR count). The van der Waals surface area contributed by atoms with Crippen molar-refractivity contribution < 1.29 is 0 Å². The molecule has 0 aliphatic heterocycles. The van der Waals surface area contributed by atoms with Crippen molar-refractivity contribution in [1.29, 1.82) is 0 Å². The zero-order valence-electron chi connectivity index (χ0n) is 16.3. The van der Waals surface area contributed by atoms with Gasteiger partial charge < -0.3 is 5.32 Å². The van der Waals surface area contributed by atoms with E-state index >= 15 is 0 Å². The third-order valence-electron chi connectivity index (χ3n) is 6.43. The molecule has 3 atom stereocenters. The average Bonchev–Trinajstić information content (AvgIpc) is 3.34. The molecule has 2 heterocycles. The van der Waals surface area contributed by atoms with Crippen molar-refractivity contribution in [3.63, 3.8) is 0 Å². The largest absolute Gasteiger partial charge is 0.351 e. The van der Waals surface area contributed by atoms with Crippen LogP contribution in [0.1, 0.15) is 51.1 Å². The highest BCUT2D eigenvalue weighted by Crippen LogP contribution is 2.45. The number of benzene rings is 1. The Hall–Kier alpha value is -2.43. The van der Waals surface area contributed by atoms with Crippen molar-refractivity contribution in [2.24, 2.45) is 18.9 Å². The van der Waals surface area contributed by atoms with Crippen LogP contribution >= 0.6 is 0 Å². The molecule has 0 amide bonds. The molecule has 2 aliphatic carbocycles. The average molecular weight is 361 g/mol. The molecule has 2 unspecified atom stereocenters. The summed E-state index contributed by atoms with van der Waals surface area (Å²) in [6.07, 6.45) is 7.30. The molecule has 2 saturated carbocycles. The lowest BCUT2D eigenvalue weighted by Gasteiger charge is -2.22. The van der Waals surface area contributed by atoms with E-state index in [1.54, 1.807) is 0 Å². The van der Waals surface area contributed by atoms with Crippen molar-refractivity contribution >= 4 is 16.9 Å². The fourth-order valence-corrected chi connectivity index (χ4v) is 5.24. The smallest absolute Gasteiger partial charge is 0.223 e. The molecule has 2 fully saturated rings. The molecule has 2 aliphatic rings. The van der Waals surface area contributed by atoms with E-state index in [1.807, 2.05) is 24.0 Å². The van der Waals surface area contributed by atoms with Crippen LogP contribution in [0.25, 0.3) is 22.2 Å². The van der Waals surface area contributed by atoms with E-state index in [0.29, 0.717) is 12.0 Å². The normalized spacial score (nSPS) is 24.2. The van der Waals surface area contributed by atoms with Crippen LogP contribution < -0.4 is 5.32 Å². The molecule has 140 valence electrons. The number of hydrogen-bond acceptors (Lipinski definition) is 4. The van der Waals surface area contributed by atoms with Gasteiger partial charge in [-0.05, 0) is 55.2 Å². The number of nitrogens with one attached hydrogen (secondary N) is 1. The first kappa shape index (κ1) is 16.7. The third-order valence-corrected chi connectivity index (χ3v) is 6.43. The summed E-state index contributed by atoms with van der Waals surface area (Å²) in [5, 5.41) is 9.48. The molecule has 5 nitrogen and oxygen atoms in total. The second-order valence-electron chi connectivity index (χ2n) is 8.59. The van der Waals surface area contributed by atoms with Crippen LogP contribution in [-0.2, 0) is 7.05 Å². The van der Waals surface area contributed by atoms with E-state index in [-0.39, 0.29) is 0 Å². The summed E-state index contributed by atoms with van der Waals surface area (Å²) in [7, 11) is 2.02. The van der Waals surface area contributed by atoms with E-state index in [4.69, 9.17) is 4.98 Å². The van der Waals surface area contributed by atoms with Gasteiger partial charge in [0.05, 0.1) is 11.2 Å². The van der Waals surface area contributed by atoms with Crippen LogP contribution in [0.15, 0.2) is 30.5 Å². The van der Waals surface area contributed by atoms with Gasteiger partial charge in [-0.1, -0.05) is 26.3 Å². The molecule has 5 heteroatoms. The van der Waals surface area contributed by atoms with Gasteiger partial charge >= 0.3 is 0 Å². The van der Waals surface area contributed by atoms with Gasteiger partial charge in [0.25, 0.3) is 0 Å². The van der Waals surface area contributed by atoms with Gasteiger partial charge in [0.1, 0.15) is 0 Å². The summed E-state index contributed by atoms with van der Waals surface area (Å²) in [6.45, 7) is 4.43. The maximum Gasteiger partial charge on any atom is 0.223 e. The van der Waals surface area contributed by atoms with Crippen LogP contribution in [0.5, 0.6) is 0 Å². The second-order valence-corrected chi connectivity index (χ2v) is 8.59. The molecule has 27 heavy (non-hydrogen) atoms. The Bertz CT molecular complexity index is 990. The van der Waals surface area contributed by atoms with E-state index < -0.39 is 0 Å². The Morgan fingerprint density at radius 3 is 2.78 bits per heavy atom. The minimum atomic E-state index is 0.427. The van der Waals surface area contributed by atoms with Crippen molar-refractivity contribution in [3.05, 3.63) is 36.2 Å². The minimum absolute atomic E-state index is 0.427. The molecule has 2 bridgehead atoms. The van der Waals surface area contributed by atoms with Crippen molar-refractivity contribution in [1.82, 2.24) is 19.7 Å². The van der Waals surface area contributed by atoms with Crippen LogP contribution in [0, 0.1) is 11.8 Å². The van der Waals surface area contributed by atoms with Gasteiger partial charge in [-0.2, -0.15) is 5.10 Å². The second kappa shape index (κ2) is 6.32. The summed E-state index contributed by atoms with van der Waals surface area (Å²) in [6, 6.07) is 8.98. The molecule has 0 radical (unpaired) electrons. The highest BCUT2D eigenvalue weighted by Gasteiger charge is 2.39. The first-order valence-electron chi connectivity index (χ1n) is 10.1. The zero-order chi connectivity index (χ0) is 18.5. The topological polar surface area (TPSA) is 55.6 Å². The van der Waals surface area contributed by atoms with E-state index in [1.165, 1.54) is 36.8 Å². The first-order valence-corrected chi connectivity index (χ1v) is 10.1. The monoisotopic (exact) mass is 361 g/mol. The molecular formula is C22H27N5. The molecule has 3 aromatic rings. The van der Waals surface area contributed by atoms with Crippen molar-refractivity contribution in [3.8, 4) is 11.3 Å². The summed E-state index contributed by atoms with van der Waals surface area (Å²) < 4.78 is 2.00. The molecule has 2 aromatic heterocycles. The maximum atomic E-state index is 4.83. The van der Waals surface area contributed by atoms with Gasteiger partial charge in [0, 0.05) is 35.9 Å². The van der Waals surface area contributed by atoms with Gasteiger partial charge in [0.2, 0.25) is 5.95 Å². The SMILES string of the molecule is CC(C)c1c2cc(-c3ccnc(NC4CC5CC[C@@H]4C5)n3)ccc2nn1C. The lowest BCUT2D eigenvalue weighted by Crippen LogP contribution is -2.26. The Labute approximate surface area is 160 Å². The van der Waals surface area contributed by atoms with Crippen LogP contribution in [-0.4, -0.2) is 25.8 Å². The summed E-state index contributed by atoms with van der Waals surface area (Å²) >= 11 is 0. The van der Waals surface area contributed by atoms with E-state index in [2.05, 4.69) is 47.4 Å². The number of aromatic nitrogens is 4. The third kappa shape index (κ3) is 2.89. The number of aryl methyl sites for hydroxylation is 1. The van der Waals surface area contributed by atoms with Gasteiger partial charge in [-0.25, -0.2) is 9.97 Å². The Morgan fingerprint density at radius 2 is 2.04 bits per heavy atom. The molecule has 0 saturated heterocycles. The van der Waals surface area contributed by atoms with Gasteiger partial charge in [0.15, 0.2) is 0 Å². The highest BCUT2D eigenvalue weighted by atomic mass is 15.3. The molecule has 1 N–H and O–H groups in total. The van der Waals surface area contributed by atoms with Gasteiger partial charge in [-0.3, -0.25) is 4.68 Å². The standard InChI is InChI=1S/C22H27N5/c1-13(2)21-17-12-16(6-7-19(17)26-27(21)3)18-8-9-23-22(24-18)25-20-11-14-4-5-15(20)10-14/h6-9,12-15,20H,4-5,10-11H2,1-3H3,(H,23,24,25)/t14?,15-,20?/m1/s1. The van der Waals surface area contributed by atoms with E-state index in [0.717, 1.165) is 34.6 Å². The fraction of sp³-hybridized carbons (Fsp3) is 0.500. The molecule has 0 spiro atoms. The summed E-state index contributed by atoms with van der Waals surface area (Å²) in [4.78, 5) is 9.31. The summed E-state index contributed by atoms with van der Waals surface area (Å²) in [5.74, 6) is 2.91. The molecule has 1 aromatic carbocycles. The zero-order valence-corrected chi connectivity index (χ0v) is 16.3. The first-order chi connectivity index (χ1) is 13.1. The predicted octanol–water partition coefficient (Wildman–Crippen LogP) is 4.75. The van der Waals surface area contributed by atoms with Crippen LogP contribution in [0.4, 0.5) is 5.95 Å². The number of rotatable bonds is 4. The van der Waals surface area contributed by atoms with Gasteiger partial charge in [-0.15, -0.1) is 0 Å². The number of nitrogens with zero attached hydrogens (tertiary/aromatic N) is 4. The maximum absolute atomic E-state index is 4.83. The number of anilines is 1. The Morgan fingerprint density at radius 1 is 1.15 bits per heavy atom. The fourth-order valence-electron chi connectivity index (χ4n) is 5.24. The van der Waals surface area contributed by atoms with Crippen molar-refractivity contribution in [2.75, 3.05) is 5.32 Å². The Balaban J connectivity index is 1.46. The van der Waals surface area contributed by atoms with Crippen LogP contribution in [0.3, 0.4) is 0 Å². The van der Waals surface area contributed by atoms with Crippen LogP contribution in [0.2, 0.25) is 0 Å². The highest BCUT2D eigenvalue weighted by molar-refractivity contribution is 5.86. The Kier molecular flexibility index (Phi) is 3.92. The quantitative estimate of drug-likeness (QED) is 0.728. The lowest BCUT2D eigenvalue weighted by atomic mass is 9.95. The van der Waals surface area contributed by atoms with E-state index in [9.17, 15) is 0 Å². The number of hydrogen-bond donors (Lipinski definition) is 1. The minimum Gasteiger partial charge on any atom is -0.351 e. The summed E-state index contributed by atoms with van der Waals surface area (Å²) in [5.41, 5.74) is 4.40.